The average molecular weight is 326 g/mol. The molecule has 1 aliphatic carbocycles. The van der Waals surface area contributed by atoms with Gasteiger partial charge in [0.15, 0.2) is 0 Å². The van der Waals surface area contributed by atoms with Crippen molar-refractivity contribution in [1.29, 1.82) is 0 Å². The summed E-state index contributed by atoms with van der Waals surface area (Å²) < 4.78 is 13.1. The summed E-state index contributed by atoms with van der Waals surface area (Å²) in [6.45, 7) is 1.91. The first-order valence-electron chi connectivity index (χ1n) is 7.96. The third-order valence-electron chi connectivity index (χ3n) is 4.21. The highest BCUT2D eigenvalue weighted by molar-refractivity contribution is 5.99. The van der Waals surface area contributed by atoms with Crippen LogP contribution in [-0.4, -0.2) is 11.8 Å². The van der Waals surface area contributed by atoms with Gasteiger partial charge in [0.25, 0.3) is 0 Å². The van der Waals surface area contributed by atoms with Crippen molar-refractivity contribution in [3.8, 4) is 0 Å². The van der Waals surface area contributed by atoms with Gasteiger partial charge in [0.1, 0.15) is 5.82 Å². The number of carbonyl (C=O) groups is 2. The number of nitrogens with one attached hydrogen (secondary N) is 2. The normalized spacial score (nSPS) is 20.1. The topological polar surface area (TPSA) is 58.2 Å². The minimum absolute atomic E-state index is 0.105. The molecule has 3 atom stereocenters. The third kappa shape index (κ3) is 3.79. The summed E-state index contributed by atoms with van der Waals surface area (Å²) in [4.78, 5) is 24.4. The van der Waals surface area contributed by atoms with Crippen LogP contribution in [0.1, 0.15) is 24.9 Å². The van der Waals surface area contributed by atoms with Gasteiger partial charge in [0.2, 0.25) is 11.8 Å². The molecule has 5 heteroatoms. The molecular formula is C19H19FN2O2. The van der Waals surface area contributed by atoms with E-state index < -0.39 is 5.82 Å². The van der Waals surface area contributed by atoms with Crippen LogP contribution in [0.5, 0.6) is 0 Å². The quantitative estimate of drug-likeness (QED) is 0.886. The minimum atomic E-state index is -0.408. The van der Waals surface area contributed by atoms with Crippen LogP contribution in [0.4, 0.5) is 10.1 Å². The van der Waals surface area contributed by atoms with Crippen LogP contribution in [0.2, 0.25) is 0 Å². The molecule has 24 heavy (non-hydrogen) atoms. The Morgan fingerprint density at radius 1 is 1.04 bits per heavy atom. The Morgan fingerprint density at radius 3 is 2.46 bits per heavy atom. The number of anilines is 1. The average Bonchev–Trinajstić information content (AvgIpc) is 3.36. The molecule has 0 aliphatic heterocycles. The summed E-state index contributed by atoms with van der Waals surface area (Å²) >= 11 is 0. The Bertz CT molecular complexity index is 748. The molecule has 0 heterocycles. The highest BCUT2D eigenvalue weighted by atomic mass is 19.1. The number of amides is 2. The van der Waals surface area contributed by atoms with Crippen LogP contribution in [0.15, 0.2) is 54.6 Å². The number of hydrogen-bond acceptors (Lipinski definition) is 2. The zero-order chi connectivity index (χ0) is 17.1. The predicted molar refractivity (Wildman–Crippen MR) is 89.6 cm³/mol. The van der Waals surface area contributed by atoms with E-state index in [4.69, 9.17) is 0 Å². The van der Waals surface area contributed by atoms with Crippen molar-refractivity contribution in [2.24, 2.45) is 11.8 Å². The molecule has 0 bridgehead atoms. The Balaban J connectivity index is 1.53. The maximum Gasteiger partial charge on any atom is 0.228 e. The first-order valence-corrected chi connectivity index (χ1v) is 7.96. The van der Waals surface area contributed by atoms with Gasteiger partial charge in [-0.25, -0.2) is 4.39 Å². The second kappa shape index (κ2) is 6.83. The largest absolute Gasteiger partial charge is 0.349 e. The number of benzene rings is 2. The van der Waals surface area contributed by atoms with E-state index in [0.717, 1.165) is 5.56 Å². The summed E-state index contributed by atoms with van der Waals surface area (Å²) in [5.74, 6) is -1.44. The van der Waals surface area contributed by atoms with Crippen LogP contribution in [0.25, 0.3) is 0 Å². The second-order valence-corrected chi connectivity index (χ2v) is 6.09. The lowest BCUT2D eigenvalue weighted by Gasteiger charge is -2.14. The fourth-order valence-corrected chi connectivity index (χ4v) is 2.72. The molecule has 124 valence electrons. The van der Waals surface area contributed by atoms with E-state index in [1.165, 1.54) is 18.2 Å². The van der Waals surface area contributed by atoms with Crippen molar-refractivity contribution in [2.45, 2.75) is 19.4 Å². The number of rotatable bonds is 5. The molecule has 1 fully saturated rings. The van der Waals surface area contributed by atoms with Crippen molar-refractivity contribution < 1.29 is 14.0 Å². The lowest BCUT2D eigenvalue weighted by molar-refractivity contribution is -0.125. The molecule has 2 N–H and O–H groups in total. The molecule has 2 aromatic carbocycles. The Kier molecular flexibility index (Phi) is 4.60. The van der Waals surface area contributed by atoms with Crippen molar-refractivity contribution in [1.82, 2.24) is 5.32 Å². The van der Waals surface area contributed by atoms with Gasteiger partial charge >= 0.3 is 0 Å². The van der Waals surface area contributed by atoms with Gasteiger partial charge in [-0.2, -0.15) is 0 Å². The maximum atomic E-state index is 13.1. The van der Waals surface area contributed by atoms with Crippen molar-refractivity contribution in [3.05, 3.63) is 66.0 Å². The van der Waals surface area contributed by atoms with E-state index in [0.29, 0.717) is 12.1 Å². The Hall–Kier alpha value is -2.69. The van der Waals surface area contributed by atoms with Gasteiger partial charge in [-0.1, -0.05) is 36.4 Å². The monoisotopic (exact) mass is 326 g/mol. The van der Waals surface area contributed by atoms with Gasteiger partial charge in [-0.3, -0.25) is 9.59 Å². The highest BCUT2D eigenvalue weighted by Gasteiger charge is 2.48. The van der Waals surface area contributed by atoms with Gasteiger partial charge in [-0.05, 0) is 37.1 Å². The summed E-state index contributed by atoms with van der Waals surface area (Å²) in [6.07, 6.45) is 0.522. The van der Waals surface area contributed by atoms with Gasteiger partial charge in [0, 0.05) is 5.69 Å². The molecule has 1 saturated carbocycles. The zero-order valence-corrected chi connectivity index (χ0v) is 13.3. The molecule has 2 aromatic rings. The SMILES string of the molecule is CC(NC(=O)C1CC1C(=O)Nc1cccc(F)c1)c1ccccc1. The first-order chi connectivity index (χ1) is 11.5. The molecule has 0 spiro atoms. The molecule has 3 rings (SSSR count). The van der Waals surface area contributed by atoms with Crippen LogP contribution >= 0.6 is 0 Å². The Labute approximate surface area is 140 Å². The standard InChI is InChI=1S/C19H19FN2O2/c1-12(13-6-3-2-4-7-13)21-18(23)16-11-17(16)19(24)22-15-9-5-8-14(20)10-15/h2-10,12,16-17H,11H2,1H3,(H,21,23)(H,22,24). The summed E-state index contributed by atoms with van der Waals surface area (Å²) in [5, 5.41) is 5.59. The van der Waals surface area contributed by atoms with E-state index >= 15 is 0 Å². The molecule has 0 saturated heterocycles. The molecule has 3 unspecified atom stereocenters. The smallest absolute Gasteiger partial charge is 0.228 e. The number of carbonyl (C=O) groups excluding carboxylic acids is 2. The van der Waals surface area contributed by atoms with Crippen molar-refractivity contribution in [3.63, 3.8) is 0 Å². The molecule has 2 amide bonds. The lowest BCUT2D eigenvalue weighted by Crippen LogP contribution is -2.29. The molecular weight excluding hydrogens is 307 g/mol. The maximum absolute atomic E-state index is 13.1. The van der Waals surface area contributed by atoms with Crippen LogP contribution in [-0.2, 0) is 9.59 Å². The molecule has 0 radical (unpaired) electrons. The summed E-state index contributed by atoms with van der Waals surface area (Å²) in [5.41, 5.74) is 1.43. The summed E-state index contributed by atoms with van der Waals surface area (Å²) in [7, 11) is 0. The van der Waals surface area contributed by atoms with Gasteiger partial charge in [-0.15, -0.1) is 0 Å². The van der Waals surface area contributed by atoms with Crippen LogP contribution < -0.4 is 10.6 Å². The zero-order valence-electron chi connectivity index (χ0n) is 13.3. The Morgan fingerprint density at radius 2 is 1.75 bits per heavy atom. The van der Waals surface area contributed by atoms with Gasteiger partial charge < -0.3 is 10.6 Å². The fourth-order valence-electron chi connectivity index (χ4n) is 2.72. The van der Waals surface area contributed by atoms with E-state index in [1.54, 1.807) is 6.07 Å². The van der Waals surface area contributed by atoms with E-state index in [2.05, 4.69) is 10.6 Å². The molecule has 0 aromatic heterocycles. The van der Waals surface area contributed by atoms with E-state index in [-0.39, 0.29) is 29.7 Å². The van der Waals surface area contributed by atoms with E-state index in [1.807, 2.05) is 37.3 Å². The minimum Gasteiger partial charge on any atom is -0.349 e. The molecule has 4 nitrogen and oxygen atoms in total. The van der Waals surface area contributed by atoms with Crippen molar-refractivity contribution >= 4 is 17.5 Å². The van der Waals surface area contributed by atoms with E-state index in [9.17, 15) is 14.0 Å². The van der Waals surface area contributed by atoms with Crippen LogP contribution in [0, 0.1) is 17.7 Å². The molecule has 1 aliphatic rings. The first kappa shape index (κ1) is 16.2. The van der Waals surface area contributed by atoms with Crippen LogP contribution in [0.3, 0.4) is 0 Å². The van der Waals surface area contributed by atoms with Gasteiger partial charge in [0.05, 0.1) is 17.9 Å². The third-order valence-corrected chi connectivity index (χ3v) is 4.21. The number of halogens is 1. The highest BCUT2D eigenvalue weighted by Crippen LogP contribution is 2.40. The lowest BCUT2D eigenvalue weighted by atomic mass is 10.1. The fraction of sp³-hybridized carbons (Fsp3) is 0.263. The summed E-state index contributed by atoms with van der Waals surface area (Å²) in [6, 6.07) is 15.3. The van der Waals surface area contributed by atoms with Crippen molar-refractivity contribution in [2.75, 3.05) is 5.32 Å². The predicted octanol–water partition coefficient (Wildman–Crippen LogP) is 3.28. The second-order valence-electron chi connectivity index (χ2n) is 6.09. The number of hydrogen-bond donors (Lipinski definition) is 2.